The van der Waals surface area contributed by atoms with E-state index in [0.717, 1.165) is 13.0 Å². The molecule has 0 spiro atoms. The lowest BCUT2D eigenvalue weighted by Gasteiger charge is -2.27. The van der Waals surface area contributed by atoms with Crippen molar-refractivity contribution in [2.24, 2.45) is 0 Å². The van der Waals surface area contributed by atoms with E-state index in [4.69, 9.17) is 21.1 Å². The van der Waals surface area contributed by atoms with Gasteiger partial charge in [0, 0.05) is 30.4 Å². The van der Waals surface area contributed by atoms with E-state index in [1.54, 1.807) is 0 Å². The third kappa shape index (κ3) is 4.74. The molecule has 7 nitrogen and oxygen atoms in total. The van der Waals surface area contributed by atoms with E-state index in [-0.39, 0.29) is 22.7 Å². The summed E-state index contributed by atoms with van der Waals surface area (Å²) in [5.41, 5.74) is -2.44. The van der Waals surface area contributed by atoms with E-state index in [0.29, 0.717) is 0 Å². The highest BCUT2D eigenvalue weighted by molar-refractivity contribution is 6.32. The molecule has 1 aromatic heterocycles. The maximum absolute atomic E-state index is 13.9. The summed E-state index contributed by atoms with van der Waals surface area (Å²) >= 11 is 5.95. The van der Waals surface area contributed by atoms with E-state index >= 15 is 0 Å². The van der Waals surface area contributed by atoms with Crippen LogP contribution in [0.5, 0.6) is 5.75 Å². The number of nitrogens with one attached hydrogen (secondary N) is 2. The van der Waals surface area contributed by atoms with Crippen molar-refractivity contribution in [2.45, 2.75) is 37.1 Å². The quantitative estimate of drug-likeness (QED) is 0.618. The summed E-state index contributed by atoms with van der Waals surface area (Å²) in [6, 6.07) is 4.83. The number of rotatable bonds is 5. The minimum atomic E-state index is -4.79. The number of alkyl halides is 3. The number of halogens is 5. The van der Waals surface area contributed by atoms with Gasteiger partial charge in [0.15, 0.2) is 5.60 Å². The lowest BCUT2D eigenvalue weighted by Crippen LogP contribution is -2.43. The molecule has 3 rings (SSSR count). The number of carbonyl (C=O) groups is 2. The van der Waals surface area contributed by atoms with E-state index in [1.807, 2.05) is 0 Å². The monoisotopic (exact) mass is 489 g/mol. The minimum Gasteiger partial charge on any atom is -0.495 e. The Morgan fingerprint density at radius 3 is 2.61 bits per heavy atom. The van der Waals surface area contributed by atoms with Gasteiger partial charge in [-0.1, -0.05) is 17.7 Å². The number of hydrogen-bond acceptors (Lipinski definition) is 5. The number of ether oxygens (including phenoxy) is 2. The Hall–Kier alpha value is -2.92. The molecule has 2 amide bonds. The molecule has 0 bridgehead atoms. The Balaban J connectivity index is 2.00. The zero-order chi connectivity index (χ0) is 24.6. The first kappa shape index (κ1) is 24.7. The third-order valence-corrected chi connectivity index (χ3v) is 5.74. The summed E-state index contributed by atoms with van der Waals surface area (Å²) in [6.07, 6.45) is -5.79. The van der Waals surface area contributed by atoms with Crippen molar-refractivity contribution in [1.82, 2.24) is 10.3 Å². The molecular weight excluding hydrogens is 470 g/mol. The number of hydrogen-bond donors (Lipinski definition) is 2. The Morgan fingerprint density at radius 2 is 2.00 bits per heavy atom. The molecule has 1 aliphatic rings. The van der Waals surface area contributed by atoms with Crippen LogP contribution in [0.4, 0.5) is 23.2 Å². The van der Waals surface area contributed by atoms with E-state index < -0.39 is 52.9 Å². The molecule has 12 heteroatoms. The van der Waals surface area contributed by atoms with Crippen LogP contribution in [0.2, 0.25) is 5.02 Å². The van der Waals surface area contributed by atoms with Gasteiger partial charge in [-0.3, -0.25) is 14.6 Å². The number of pyridine rings is 1. The molecule has 0 unspecified atom stereocenters. The van der Waals surface area contributed by atoms with Crippen LogP contribution in [0.3, 0.4) is 0 Å². The molecule has 3 atom stereocenters. The van der Waals surface area contributed by atoms with Crippen molar-refractivity contribution < 1.29 is 36.6 Å². The first-order valence-corrected chi connectivity index (χ1v) is 10.0. The highest BCUT2D eigenvalue weighted by Gasteiger charge is 2.61. The fraction of sp³-hybridized carbons (Fsp3) is 0.381. The van der Waals surface area contributed by atoms with Gasteiger partial charge in [-0.15, -0.1) is 0 Å². The molecule has 0 saturated carbocycles. The van der Waals surface area contributed by atoms with Crippen molar-refractivity contribution in [1.29, 1.82) is 0 Å². The molecule has 2 aromatic rings. The largest absolute Gasteiger partial charge is 0.495 e. The standard InChI is InChI=1S/C21H20ClF4N3O4/c1-20(21(24,25)26)9-12(11-4-5-13(23)15(22)16(11)32-3)17(33-20)19(31)29-10-6-7-28-14(8-10)18(30)27-2/h4-8,12,17H,9H2,1-3H3,(H,27,30)(H,28,29,31)/t12-,17+,20+/m0/s1. The number of aromatic nitrogens is 1. The Labute approximate surface area is 191 Å². The van der Waals surface area contributed by atoms with Gasteiger partial charge < -0.3 is 20.1 Å². The fourth-order valence-corrected chi connectivity index (χ4v) is 3.90. The van der Waals surface area contributed by atoms with Crippen LogP contribution in [0.1, 0.15) is 35.3 Å². The molecule has 1 aromatic carbocycles. The molecule has 0 radical (unpaired) electrons. The Bertz CT molecular complexity index is 1080. The number of anilines is 1. The zero-order valence-corrected chi connectivity index (χ0v) is 18.5. The van der Waals surface area contributed by atoms with Crippen molar-refractivity contribution in [3.8, 4) is 5.75 Å². The molecule has 2 N–H and O–H groups in total. The van der Waals surface area contributed by atoms with Gasteiger partial charge in [-0.05, 0) is 31.5 Å². The minimum absolute atomic E-state index is 0.00805. The van der Waals surface area contributed by atoms with Crippen molar-refractivity contribution in [2.75, 3.05) is 19.5 Å². The maximum atomic E-state index is 13.9. The summed E-state index contributed by atoms with van der Waals surface area (Å²) in [7, 11) is 2.58. The van der Waals surface area contributed by atoms with Crippen LogP contribution in [-0.2, 0) is 9.53 Å². The Morgan fingerprint density at radius 1 is 1.30 bits per heavy atom. The van der Waals surface area contributed by atoms with Crippen LogP contribution < -0.4 is 15.4 Å². The normalized spacial score (nSPS) is 22.7. The van der Waals surface area contributed by atoms with Gasteiger partial charge in [0.25, 0.3) is 11.8 Å². The summed E-state index contributed by atoms with van der Waals surface area (Å²) in [5.74, 6) is -3.58. The van der Waals surface area contributed by atoms with Crippen LogP contribution >= 0.6 is 11.6 Å². The molecule has 2 heterocycles. The fourth-order valence-electron chi connectivity index (χ4n) is 3.65. The van der Waals surface area contributed by atoms with Gasteiger partial charge in [0.05, 0.1) is 7.11 Å². The van der Waals surface area contributed by atoms with Crippen molar-refractivity contribution in [3.05, 3.63) is 52.6 Å². The van der Waals surface area contributed by atoms with E-state index in [9.17, 15) is 27.2 Å². The first-order valence-electron chi connectivity index (χ1n) is 9.67. The lowest BCUT2D eigenvalue weighted by atomic mass is 9.86. The maximum Gasteiger partial charge on any atom is 0.417 e. The van der Waals surface area contributed by atoms with E-state index in [1.165, 1.54) is 38.6 Å². The molecule has 0 aliphatic carbocycles. The van der Waals surface area contributed by atoms with Crippen LogP contribution in [0.25, 0.3) is 0 Å². The highest BCUT2D eigenvalue weighted by Crippen LogP contribution is 2.52. The number of benzene rings is 1. The second kappa shape index (κ2) is 9.14. The first-order chi connectivity index (χ1) is 15.4. The highest BCUT2D eigenvalue weighted by atomic mass is 35.5. The molecule has 178 valence electrons. The zero-order valence-electron chi connectivity index (χ0n) is 17.7. The second-order valence-corrected chi connectivity index (χ2v) is 7.94. The summed E-state index contributed by atoms with van der Waals surface area (Å²) in [5, 5.41) is 4.41. The van der Waals surface area contributed by atoms with Crippen molar-refractivity contribution >= 4 is 29.1 Å². The number of carbonyl (C=O) groups excluding carboxylic acids is 2. The number of amides is 2. The summed E-state index contributed by atoms with van der Waals surface area (Å²) in [6.45, 7) is 0.834. The molecule has 1 fully saturated rings. The number of nitrogens with zero attached hydrogens (tertiary/aromatic N) is 1. The Kier molecular flexibility index (Phi) is 6.85. The number of methoxy groups -OCH3 is 1. The van der Waals surface area contributed by atoms with E-state index in [2.05, 4.69) is 15.6 Å². The predicted octanol–water partition coefficient (Wildman–Crippen LogP) is 4.07. The van der Waals surface area contributed by atoms with Gasteiger partial charge in [0.2, 0.25) is 0 Å². The second-order valence-electron chi connectivity index (χ2n) is 7.56. The summed E-state index contributed by atoms with van der Waals surface area (Å²) in [4.78, 5) is 28.7. The van der Waals surface area contributed by atoms with Crippen LogP contribution in [0.15, 0.2) is 30.5 Å². The molecule has 1 aliphatic heterocycles. The van der Waals surface area contributed by atoms with Gasteiger partial charge in [-0.2, -0.15) is 13.2 Å². The van der Waals surface area contributed by atoms with Gasteiger partial charge in [-0.25, -0.2) is 4.39 Å². The van der Waals surface area contributed by atoms with Gasteiger partial charge in [0.1, 0.15) is 28.4 Å². The average molecular weight is 490 g/mol. The SMILES string of the molecule is CNC(=O)c1cc(NC(=O)[C@@H]2O[C@@](C)(C(F)(F)F)C[C@H]2c2ccc(F)c(Cl)c2OC)ccn1. The van der Waals surface area contributed by atoms with Crippen molar-refractivity contribution in [3.63, 3.8) is 0 Å². The topological polar surface area (TPSA) is 89.6 Å². The average Bonchev–Trinajstić information content (AvgIpc) is 3.14. The lowest BCUT2D eigenvalue weighted by molar-refractivity contribution is -0.261. The smallest absolute Gasteiger partial charge is 0.417 e. The molecular formula is C21H20ClF4N3O4. The molecule has 1 saturated heterocycles. The van der Waals surface area contributed by atoms with Crippen LogP contribution in [0, 0.1) is 5.82 Å². The van der Waals surface area contributed by atoms with Gasteiger partial charge >= 0.3 is 6.18 Å². The molecule has 33 heavy (non-hydrogen) atoms. The third-order valence-electron chi connectivity index (χ3n) is 5.39. The predicted molar refractivity (Wildman–Crippen MR) is 111 cm³/mol. The van der Waals surface area contributed by atoms with Crippen LogP contribution in [-0.4, -0.2) is 48.8 Å². The summed E-state index contributed by atoms with van der Waals surface area (Å²) < 4.78 is 65.6.